The van der Waals surface area contributed by atoms with Crippen LogP contribution in [0.5, 0.6) is 0 Å². The number of aliphatic hydroxyl groups excluding tert-OH is 2. The molecule has 0 aromatic rings. The number of nitrogens with one attached hydrogen (secondary N) is 1. The van der Waals surface area contributed by atoms with Gasteiger partial charge in [-0.05, 0) is 103 Å². The van der Waals surface area contributed by atoms with Gasteiger partial charge in [0.1, 0.15) is 6.10 Å². The zero-order valence-corrected chi connectivity index (χ0v) is 27.6. The molecule has 4 fully saturated rings. The number of aliphatic carboxylic acids is 1. The van der Waals surface area contributed by atoms with Crippen LogP contribution in [0.1, 0.15) is 119 Å². The van der Waals surface area contributed by atoms with Crippen LogP contribution in [-0.2, 0) is 19.1 Å². The topological polar surface area (TPSA) is 133 Å². The summed E-state index contributed by atoms with van der Waals surface area (Å²) in [6.07, 6.45) is 6.16. The average molecular weight is 604 g/mol. The summed E-state index contributed by atoms with van der Waals surface area (Å²) < 4.78 is 6.09. The molecule has 4 saturated carbocycles. The number of fused-ring (bicyclic) bond motifs is 5. The highest BCUT2D eigenvalue weighted by atomic mass is 16.5. The molecular formula is C35H57NO7. The molecule has 0 aliphatic heterocycles. The average Bonchev–Trinajstić information content (AvgIpc) is 3.16. The third-order valence-corrected chi connectivity index (χ3v) is 12.7. The number of carboxylic acid groups (broad SMARTS) is 1. The highest BCUT2D eigenvalue weighted by molar-refractivity contribution is 5.79. The summed E-state index contributed by atoms with van der Waals surface area (Å²) in [5.74, 6) is -0.417. The minimum Gasteiger partial charge on any atom is -0.481 e. The van der Waals surface area contributed by atoms with Crippen LogP contribution in [0.15, 0.2) is 11.1 Å². The molecule has 4 N–H and O–H groups in total. The van der Waals surface area contributed by atoms with E-state index in [2.05, 4.69) is 46.9 Å². The third-order valence-electron chi connectivity index (χ3n) is 12.7. The van der Waals surface area contributed by atoms with E-state index in [1.165, 1.54) is 6.92 Å². The fraction of sp³-hybridized carbons (Fsp3) is 0.857. The summed E-state index contributed by atoms with van der Waals surface area (Å²) in [5.41, 5.74) is 1.45. The van der Waals surface area contributed by atoms with Crippen molar-refractivity contribution in [2.24, 2.45) is 45.8 Å². The molecule has 43 heavy (non-hydrogen) atoms. The molecule has 0 radical (unpaired) electrons. The number of carbonyl (C=O) groups excluding carboxylic acids is 2. The summed E-state index contributed by atoms with van der Waals surface area (Å²) in [6.45, 7) is 15.1. The monoisotopic (exact) mass is 603 g/mol. The third kappa shape index (κ3) is 6.29. The number of hydrogen-bond donors (Lipinski definition) is 4. The van der Waals surface area contributed by atoms with Gasteiger partial charge in [0, 0.05) is 19.9 Å². The Kier molecular flexibility index (Phi) is 10.1. The lowest BCUT2D eigenvalue weighted by Crippen LogP contribution is -2.65. The molecule has 244 valence electrons. The Morgan fingerprint density at radius 2 is 1.72 bits per heavy atom. The number of amides is 1. The molecule has 1 amide bonds. The van der Waals surface area contributed by atoms with Gasteiger partial charge in [0.2, 0.25) is 5.91 Å². The lowest BCUT2D eigenvalue weighted by Gasteiger charge is -2.69. The first-order valence-electron chi connectivity index (χ1n) is 16.8. The molecule has 4 aliphatic carbocycles. The van der Waals surface area contributed by atoms with E-state index in [0.717, 1.165) is 49.7 Å². The summed E-state index contributed by atoms with van der Waals surface area (Å²) in [6, 6.07) is 0. The van der Waals surface area contributed by atoms with Crippen molar-refractivity contribution >= 4 is 17.8 Å². The normalized spacial score (nSPS) is 41.6. The number of hydrogen-bond acceptors (Lipinski definition) is 6. The van der Waals surface area contributed by atoms with E-state index in [1.807, 2.05) is 0 Å². The Balaban J connectivity index is 1.76. The van der Waals surface area contributed by atoms with Crippen molar-refractivity contribution in [2.75, 3.05) is 6.54 Å². The Labute approximate surface area is 258 Å². The standard InChI is InChI=1S/C35H57NO7/c1-20(2)9-8-10-23(17-29(40)36-16-13-30(41)42)31-25-18-27(39)32-33(5)14-12-26(38)21(3)24(33)11-15-34(32,6)35(25,7)19-28(31)43-22(4)37/h20-21,24-28,32,38-39H,8-19H2,1-7H3,(H,36,40)(H,41,42)/b31-23-/t21-,24-,25-,26+,27+,28-,32-,33-,34-,35-/m0/s1. The Morgan fingerprint density at radius 3 is 2.35 bits per heavy atom. The summed E-state index contributed by atoms with van der Waals surface area (Å²) in [7, 11) is 0. The SMILES string of the molecule is CC(=O)O[C@H]1C[C@@]2(C)[C@@H](C[C@@H](O)[C@H]3[C@@]4(C)CC[C@@H](O)[C@@H](C)[C@@H]4CC[C@@]32C)/C1=C(\CCCC(C)C)CC(=O)NCCC(=O)O. The summed E-state index contributed by atoms with van der Waals surface area (Å²) >= 11 is 0. The first kappa shape index (κ1) is 34.0. The van der Waals surface area contributed by atoms with Gasteiger partial charge in [-0.15, -0.1) is 0 Å². The van der Waals surface area contributed by atoms with E-state index in [1.54, 1.807) is 0 Å². The minimum atomic E-state index is -0.957. The quantitative estimate of drug-likeness (QED) is 0.188. The first-order chi connectivity index (χ1) is 20.0. The molecule has 0 saturated heterocycles. The zero-order valence-electron chi connectivity index (χ0n) is 27.6. The van der Waals surface area contributed by atoms with Crippen LogP contribution < -0.4 is 5.32 Å². The van der Waals surface area contributed by atoms with E-state index in [-0.39, 0.29) is 71.4 Å². The van der Waals surface area contributed by atoms with E-state index in [0.29, 0.717) is 31.1 Å². The number of carboxylic acids is 1. The highest BCUT2D eigenvalue weighted by Gasteiger charge is 2.70. The molecule has 4 rings (SSSR count). The molecule has 8 heteroatoms. The van der Waals surface area contributed by atoms with Gasteiger partial charge in [0.15, 0.2) is 0 Å². The number of carbonyl (C=O) groups is 3. The van der Waals surface area contributed by atoms with Gasteiger partial charge < -0.3 is 25.4 Å². The Bertz CT molecular complexity index is 1100. The van der Waals surface area contributed by atoms with Gasteiger partial charge in [0.05, 0.1) is 18.6 Å². The first-order valence-corrected chi connectivity index (χ1v) is 16.8. The maximum absolute atomic E-state index is 13.2. The number of aliphatic hydroxyl groups is 2. The van der Waals surface area contributed by atoms with Crippen molar-refractivity contribution in [3.8, 4) is 0 Å². The van der Waals surface area contributed by atoms with Crippen molar-refractivity contribution in [2.45, 2.75) is 137 Å². The molecule has 0 bridgehead atoms. The van der Waals surface area contributed by atoms with Gasteiger partial charge in [-0.1, -0.05) is 53.5 Å². The van der Waals surface area contributed by atoms with Gasteiger partial charge in [-0.25, -0.2) is 0 Å². The highest BCUT2D eigenvalue weighted by Crippen LogP contribution is 2.74. The second-order valence-electron chi connectivity index (χ2n) is 15.6. The molecule has 0 unspecified atom stereocenters. The van der Waals surface area contributed by atoms with Crippen molar-refractivity contribution in [1.29, 1.82) is 0 Å². The summed E-state index contributed by atoms with van der Waals surface area (Å²) in [4.78, 5) is 36.7. The van der Waals surface area contributed by atoms with Gasteiger partial charge >= 0.3 is 11.9 Å². The molecule has 0 aromatic heterocycles. The largest absolute Gasteiger partial charge is 0.481 e. The maximum atomic E-state index is 13.2. The van der Waals surface area contributed by atoms with E-state index < -0.39 is 18.2 Å². The zero-order chi connectivity index (χ0) is 31.9. The second-order valence-corrected chi connectivity index (χ2v) is 15.6. The second kappa shape index (κ2) is 12.8. The molecule has 0 spiro atoms. The number of rotatable bonds is 10. The van der Waals surface area contributed by atoms with Crippen molar-refractivity contribution in [3.63, 3.8) is 0 Å². The van der Waals surface area contributed by atoms with Gasteiger partial charge in [-0.3, -0.25) is 14.4 Å². The van der Waals surface area contributed by atoms with Crippen LogP contribution in [0.3, 0.4) is 0 Å². The Morgan fingerprint density at radius 1 is 1.02 bits per heavy atom. The summed E-state index contributed by atoms with van der Waals surface area (Å²) in [5, 5.41) is 34.7. The van der Waals surface area contributed by atoms with E-state index in [9.17, 15) is 24.6 Å². The van der Waals surface area contributed by atoms with Crippen LogP contribution in [0.2, 0.25) is 0 Å². The maximum Gasteiger partial charge on any atom is 0.305 e. The fourth-order valence-corrected chi connectivity index (χ4v) is 10.6. The lowest BCUT2D eigenvalue weighted by molar-refractivity contribution is -0.234. The molecular weight excluding hydrogens is 546 g/mol. The van der Waals surface area contributed by atoms with Crippen LogP contribution in [-0.4, -0.2) is 58.0 Å². The van der Waals surface area contributed by atoms with Crippen LogP contribution in [0, 0.1) is 45.8 Å². The fourth-order valence-electron chi connectivity index (χ4n) is 10.6. The molecule has 8 nitrogen and oxygen atoms in total. The van der Waals surface area contributed by atoms with E-state index >= 15 is 0 Å². The minimum absolute atomic E-state index is 0.0271. The van der Waals surface area contributed by atoms with Crippen molar-refractivity contribution in [3.05, 3.63) is 11.1 Å². The Hall–Kier alpha value is -1.93. The molecule has 0 aromatic carbocycles. The number of esters is 1. The predicted octanol–water partition coefficient (Wildman–Crippen LogP) is 5.64. The van der Waals surface area contributed by atoms with Gasteiger partial charge in [0.25, 0.3) is 0 Å². The predicted molar refractivity (Wildman–Crippen MR) is 165 cm³/mol. The lowest BCUT2D eigenvalue weighted by atomic mass is 9.36. The molecule has 10 atom stereocenters. The number of ether oxygens (including phenoxy) is 1. The van der Waals surface area contributed by atoms with Crippen molar-refractivity contribution < 1.29 is 34.4 Å². The van der Waals surface area contributed by atoms with Gasteiger partial charge in [-0.2, -0.15) is 0 Å². The van der Waals surface area contributed by atoms with Crippen LogP contribution >= 0.6 is 0 Å². The smallest absolute Gasteiger partial charge is 0.305 e. The molecule has 0 heterocycles. The van der Waals surface area contributed by atoms with Crippen LogP contribution in [0.4, 0.5) is 0 Å². The molecule has 4 aliphatic rings. The van der Waals surface area contributed by atoms with Crippen LogP contribution in [0.25, 0.3) is 0 Å². The van der Waals surface area contributed by atoms with E-state index in [4.69, 9.17) is 9.84 Å². The van der Waals surface area contributed by atoms with Crippen molar-refractivity contribution in [1.82, 2.24) is 5.32 Å².